The Morgan fingerprint density at radius 2 is 1.85 bits per heavy atom. The normalized spacial score (nSPS) is 11.9. The molecule has 174 valence electrons. The Hall–Kier alpha value is -3.73. The van der Waals surface area contributed by atoms with Crippen LogP contribution in [0.2, 0.25) is 0 Å². The van der Waals surface area contributed by atoms with Crippen molar-refractivity contribution in [3.05, 3.63) is 83.2 Å². The minimum atomic E-state index is -4.55. The summed E-state index contributed by atoms with van der Waals surface area (Å²) < 4.78 is 41.5. The van der Waals surface area contributed by atoms with Crippen LogP contribution in [0.25, 0.3) is 5.78 Å². The number of alkyl halides is 3. The van der Waals surface area contributed by atoms with Crippen LogP contribution < -0.4 is 5.01 Å². The number of carbonyl (C=O) groups is 1. The van der Waals surface area contributed by atoms with E-state index in [1.54, 1.807) is 28.7 Å². The third-order valence-corrected chi connectivity index (χ3v) is 5.68. The topological polar surface area (TPSA) is 75.8 Å². The number of halogens is 3. The van der Waals surface area contributed by atoms with Crippen molar-refractivity contribution in [2.24, 2.45) is 5.10 Å². The summed E-state index contributed by atoms with van der Waals surface area (Å²) in [5.41, 5.74) is 1.47. The number of carbonyl (C=O) groups excluding carboxylic acids is 1. The number of fused-ring (bicyclic) bond motifs is 1. The Labute approximate surface area is 197 Å². The molecule has 1 amide bonds. The molecule has 0 saturated heterocycles. The number of hydrogen-bond acceptors (Lipinski definition) is 6. The first kappa shape index (κ1) is 23.4. The summed E-state index contributed by atoms with van der Waals surface area (Å²) in [6, 6.07) is 15.3. The first-order valence-electron chi connectivity index (χ1n) is 10.1. The molecule has 0 fully saturated rings. The Balaban J connectivity index is 1.62. The van der Waals surface area contributed by atoms with E-state index in [4.69, 9.17) is 0 Å². The minimum Gasteiger partial charge on any atom is -0.272 e. The van der Waals surface area contributed by atoms with Crippen molar-refractivity contribution in [1.82, 2.24) is 19.6 Å². The molecule has 4 aromatic rings. The number of aromatic nitrogens is 4. The lowest BCUT2D eigenvalue weighted by Crippen LogP contribution is -2.28. The Bertz CT molecular complexity index is 1350. The van der Waals surface area contributed by atoms with Crippen molar-refractivity contribution in [3.8, 4) is 0 Å². The lowest BCUT2D eigenvalue weighted by Gasteiger charge is -2.18. The lowest BCUT2D eigenvalue weighted by atomic mass is 10.2. The molecule has 34 heavy (non-hydrogen) atoms. The van der Waals surface area contributed by atoms with Gasteiger partial charge in [-0.25, -0.2) is 9.99 Å². The van der Waals surface area contributed by atoms with Gasteiger partial charge in [0, 0.05) is 11.4 Å². The van der Waals surface area contributed by atoms with Crippen LogP contribution in [0.3, 0.4) is 0 Å². The Kier molecular flexibility index (Phi) is 6.64. The maximum absolute atomic E-state index is 13.3. The standard InChI is InChI=1S/C23H19F3N6OS/c1-15-11-16(2)31-21(28-15)29-30-22(31)34-14-20(33)32(27-13-17-7-4-3-5-8-17)19-10-6-9-18(12-19)23(24,25)26/h3-13H,14H2,1-2H3/b27-13-. The van der Waals surface area contributed by atoms with E-state index in [1.165, 1.54) is 18.3 Å². The molecule has 0 aliphatic rings. The van der Waals surface area contributed by atoms with E-state index in [0.29, 0.717) is 16.5 Å². The molecule has 0 N–H and O–H groups in total. The molecule has 2 heterocycles. The summed E-state index contributed by atoms with van der Waals surface area (Å²) in [5.74, 6) is -0.244. The predicted molar refractivity (Wildman–Crippen MR) is 124 cm³/mol. The van der Waals surface area contributed by atoms with Gasteiger partial charge in [-0.3, -0.25) is 9.20 Å². The molecule has 2 aromatic heterocycles. The highest BCUT2D eigenvalue weighted by molar-refractivity contribution is 7.99. The number of benzene rings is 2. The first-order valence-corrected chi connectivity index (χ1v) is 11.1. The zero-order chi connectivity index (χ0) is 24.3. The quantitative estimate of drug-likeness (QED) is 0.221. The SMILES string of the molecule is Cc1cc(C)n2c(SCC(=O)N(/N=C\c3ccccc3)c3cccc(C(F)(F)F)c3)nnc2n1. The number of nitrogens with zero attached hydrogens (tertiary/aromatic N) is 6. The van der Waals surface area contributed by atoms with Gasteiger partial charge in [-0.1, -0.05) is 48.2 Å². The molecule has 0 aliphatic heterocycles. The van der Waals surface area contributed by atoms with Crippen LogP contribution in [0, 0.1) is 13.8 Å². The average molecular weight is 485 g/mol. The zero-order valence-electron chi connectivity index (χ0n) is 18.2. The maximum atomic E-state index is 13.3. The van der Waals surface area contributed by atoms with Gasteiger partial charge >= 0.3 is 6.18 Å². The second-order valence-electron chi connectivity index (χ2n) is 7.35. The third-order valence-electron chi connectivity index (χ3n) is 4.76. The molecule has 0 atom stereocenters. The van der Waals surface area contributed by atoms with E-state index in [-0.39, 0.29) is 11.4 Å². The zero-order valence-corrected chi connectivity index (χ0v) is 19.0. The van der Waals surface area contributed by atoms with Crippen LogP contribution in [0.4, 0.5) is 18.9 Å². The largest absolute Gasteiger partial charge is 0.416 e. The Morgan fingerprint density at radius 3 is 2.59 bits per heavy atom. The van der Waals surface area contributed by atoms with Gasteiger partial charge < -0.3 is 0 Å². The molecule has 4 rings (SSSR count). The highest BCUT2D eigenvalue weighted by Gasteiger charge is 2.31. The van der Waals surface area contributed by atoms with Crippen LogP contribution in [0.5, 0.6) is 0 Å². The van der Waals surface area contributed by atoms with Crippen LogP contribution in [-0.4, -0.2) is 37.5 Å². The molecule has 0 radical (unpaired) electrons. The van der Waals surface area contributed by atoms with Crippen molar-refractivity contribution in [2.45, 2.75) is 25.2 Å². The number of aryl methyl sites for hydroxylation is 2. The van der Waals surface area contributed by atoms with Crippen LogP contribution in [-0.2, 0) is 11.0 Å². The molecule has 0 bridgehead atoms. The monoisotopic (exact) mass is 484 g/mol. The van der Waals surface area contributed by atoms with Crippen molar-refractivity contribution < 1.29 is 18.0 Å². The van der Waals surface area contributed by atoms with Gasteiger partial charge in [0.05, 0.1) is 23.2 Å². The van der Waals surface area contributed by atoms with E-state index in [9.17, 15) is 18.0 Å². The highest BCUT2D eigenvalue weighted by atomic mass is 32.2. The van der Waals surface area contributed by atoms with Crippen molar-refractivity contribution in [2.75, 3.05) is 10.8 Å². The number of hydrogen-bond donors (Lipinski definition) is 0. The highest BCUT2D eigenvalue weighted by Crippen LogP contribution is 2.32. The van der Waals surface area contributed by atoms with Crippen molar-refractivity contribution in [1.29, 1.82) is 0 Å². The molecular weight excluding hydrogens is 465 g/mol. The smallest absolute Gasteiger partial charge is 0.272 e. The molecule has 0 unspecified atom stereocenters. The fraction of sp³-hybridized carbons (Fsp3) is 0.174. The first-order chi connectivity index (χ1) is 16.2. The average Bonchev–Trinajstić information content (AvgIpc) is 3.21. The summed E-state index contributed by atoms with van der Waals surface area (Å²) in [4.78, 5) is 17.4. The Morgan fingerprint density at radius 1 is 1.09 bits per heavy atom. The van der Waals surface area contributed by atoms with E-state index >= 15 is 0 Å². The number of rotatable bonds is 6. The van der Waals surface area contributed by atoms with E-state index in [0.717, 1.165) is 40.3 Å². The minimum absolute atomic E-state index is 0.00665. The number of hydrazone groups is 1. The third kappa shape index (κ3) is 5.25. The molecular formula is C23H19F3N6OS. The van der Waals surface area contributed by atoms with Gasteiger partial charge in [-0.15, -0.1) is 10.2 Å². The molecule has 11 heteroatoms. The van der Waals surface area contributed by atoms with Crippen molar-refractivity contribution >= 4 is 35.3 Å². The van der Waals surface area contributed by atoms with E-state index < -0.39 is 17.6 Å². The van der Waals surface area contributed by atoms with Gasteiger partial charge in [-0.05, 0) is 43.7 Å². The number of amides is 1. The molecule has 0 saturated carbocycles. The van der Waals surface area contributed by atoms with E-state index in [1.807, 2.05) is 26.0 Å². The summed E-state index contributed by atoms with van der Waals surface area (Å²) >= 11 is 1.10. The van der Waals surface area contributed by atoms with Gasteiger partial charge in [-0.2, -0.15) is 18.3 Å². The fourth-order valence-corrected chi connectivity index (χ4v) is 4.06. The fourth-order valence-electron chi connectivity index (χ4n) is 3.23. The number of thioether (sulfide) groups is 1. The van der Waals surface area contributed by atoms with Crippen molar-refractivity contribution in [3.63, 3.8) is 0 Å². The summed E-state index contributed by atoms with van der Waals surface area (Å²) in [7, 11) is 0. The van der Waals surface area contributed by atoms with Crippen LogP contribution in [0.15, 0.2) is 70.9 Å². The van der Waals surface area contributed by atoms with Gasteiger partial charge in [0.1, 0.15) is 0 Å². The second-order valence-corrected chi connectivity index (χ2v) is 8.30. The van der Waals surface area contributed by atoms with Crippen LogP contribution in [0.1, 0.15) is 22.5 Å². The summed E-state index contributed by atoms with van der Waals surface area (Å²) in [5, 5.41) is 13.8. The molecule has 7 nitrogen and oxygen atoms in total. The van der Waals surface area contributed by atoms with Gasteiger partial charge in [0.15, 0.2) is 5.16 Å². The van der Waals surface area contributed by atoms with Crippen LogP contribution >= 0.6 is 11.8 Å². The van der Waals surface area contributed by atoms with E-state index in [2.05, 4.69) is 20.3 Å². The summed E-state index contributed by atoms with van der Waals surface area (Å²) in [6.45, 7) is 3.71. The van der Waals surface area contributed by atoms with Gasteiger partial charge in [0.2, 0.25) is 0 Å². The predicted octanol–water partition coefficient (Wildman–Crippen LogP) is 4.92. The lowest BCUT2D eigenvalue weighted by molar-refractivity contribution is -0.137. The van der Waals surface area contributed by atoms with Gasteiger partial charge in [0.25, 0.3) is 11.7 Å². The second kappa shape index (κ2) is 9.64. The molecule has 2 aromatic carbocycles. The number of anilines is 1. The maximum Gasteiger partial charge on any atom is 0.416 e. The molecule has 0 spiro atoms. The summed E-state index contributed by atoms with van der Waals surface area (Å²) in [6.07, 6.45) is -3.13. The molecule has 0 aliphatic carbocycles.